The molecular formula is C15H14N2O3. The van der Waals surface area contributed by atoms with Gasteiger partial charge >= 0.3 is 0 Å². The second kappa shape index (κ2) is 7.48. The van der Waals surface area contributed by atoms with Crippen molar-refractivity contribution in [3.05, 3.63) is 59.2 Å². The molecule has 0 aliphatic carbocycles. The van der Waals surface area contributed by atoms with E-state index in [2.05, 4.69) is 0 Å². The van der Waals surface area contributed by atoms with Gasteiger partial charge in [-0.2, -0.15) is 0 Å². The summed E-state index contributed by atoms with van der Waals surface area (Å²) in [6, 6.07) is 11.4. The Balaban J connectivity index is 0.000000217. The lowest BCUT2D eigenvalue weighted by Crippen LogP contribution is -1.89. The Hall–Kier alpha value is -2.95. The molecule has 0 unspecified atom stereocenters. The van der Waals surface area contributed by atoms with E-state index in [9.17, 15) is 14.4 Å². The third-order valence-electron chi connectivity index (χ3n) is 2.34. The van der Waals surface area contributed by atoms with E-state index in [1.54, 1.807) is 24.3 Å². The van der Waals surface area contributed by atoms with Gasteiger partial charge in [0.05, 0.1) is 0 Å². The number of carbonyl (C=O) groups is 3. The number of hydrogen-bond donors (Lipinski definition) is 2. The van der Waals surface area contributed by atoms with E-state index < -0.39 is 0 Å². The molecule has 0 saturated carbocycles. The van der Waals surface area contributed by atoms with Crippen LogP contribution in [0.3, 0.4) is 0 Å². The Morgan fingerprint density at radius 1 is 0.600 bits per heavy atom. The van der Waals surface area contributed by atoms with Crippen molar-refractivity contribution in [2.45, 2.75) is 0 Å². The fraction of sp³-hybridized carbons (Fsp3) is 0. The minimum Gasteiger partial charge on any atom is -0.399 e. The maximum absolute atomic E-state index is 10.3. The van der Waals surface area contributed by atoms with Gasteiger partial charge in [-0.3, -0.25) is 14.4 Å². The normalized spacial score (nSPS) is 9.00. The molecule has 0 saturated heterocycles. The van der Waals surface area contributed by atoms with E-state index in [-0.39, 0.29) is 0 Å². The first-order valence-electron chi connectivity index (χ1n) is 5.70. The Morgan fingerprint density at radius 3 is 1.05 bits per heavy atom. The molecular weight excluding hydrogens is 256 g/mol. The van der Waals surface area contributed by atoms with Crippen molar-refractivity contribution in [3.8, 4) is 0 Å². The molecule has 5 heteroatoms. The van der Waals surface area contributed by atoms with Gasteiger partial charge in [0.2, 0.25) is 0 Å². The molecule has 0 heterocycles. The van der Waals surface area contributed by atoms with Gasteiger partial charge in [-0.15, -0.1) is 0 Å². The van der Waals surface area contributed by atoms with Crippen LogP contribution in [0.1, 0.15) is 31.1 Å². The molecule has 0 atom stereocenters. The lowest BCUT2D eigenvalue weighted by Gasteiger charge is -1.94. The predicted molar refractivity (Wildman–Crippen MR) is 77.9 cm³/mol. The highest BCUT2D eigenvalue weighted by atomic mass is 16.1. The number of nitrogens with two attached hydrogens (primary N) is 2. The van der Waals surface area contributed by atoms with Gasteiger partial charge in [0.25, 0.3) is 0 Å². The summed E-state index contributed by atoms with van der Waals surface area (Å²) in [5.74, 6) is 0. The van der Waals surface area contributed by atoms with Gasteiger partial charge in [-0.1, -0.05) is 0 Å². The van der Waals surface area contributed by atoms with E-state index in [1.807, 2.05) is 0 Å². The number of benzene rings is 2. The maximum Gasteiger partial charge on any atom is 0.150 e. The van der Waals surface area contributed by atoms with E-state index in [1.165, 1.54) is 18.2 Å². The van der Waals surface area contributed by atoms with Crippen LogP contribution in [-0.4, -0.2) is 18.9 Å². The molecule has 2 rings (SSSR count). The van der Waals surface area contributed by atoms with Crippen molar-refractivity contribution in [2.24, 2.45) is 0 Å². The van der Waals surface area contributed by atoms with Crippen molar-refractivity contribution < 1.29 is 14.4 Å². The molecule has 0 spiro atoms. The minimum absolute atomic E-state index is 0.335. The average Bonchev–Trinajstić information content (AvgIpc) is 2.50. The van der Waals surface area contributed by atoms with E-state index in [0.29, 0.717) is 35.5 Å². The van der Waals surface area contributed by atoms with Crippen LogP contribution in [0.25, 0.3) is 0 Å². The molecule has 0 fully saturated rings. The molecule has 2 aromatic carbocycles. The average molecular weight is 270 g/mol. The fourth-order valence-corrected chi connectivity index (χ4v) is 1.40. The summed E-state index contributed by atoms with van der Waals surface area (Å²) >= 11 is 0. The zero-order chi connectivity index (χ0) is 15.0. The number of carbonyl (C=O) groups excluding carboxylic acids is 3. The lowest BCUT2D eigenvalue weighted by molar-refractivity contribution is 0.112. The van der Waals surface area contributed by atoms with Crippen LogP contribution in [-0.2, 0) is 0 Å². The molecule has 0 aromatic heterocycles. The van der Waals surface area contributed by atoms with Crippen molar-refractivity contribution in [1.82, 2.24) is 0 Å². The zero-order valence-electron chi connectivity index (χ0n) is 10.7. The maximum atomic E-state index is 10.3. The Morgan fingerprint density at radius 2 is 0.850 bits per heavy atom. The standard InChI is InChI=1S/C9H6O3.C6H8N2/c10-4-7-1-8(5-11)3-9(2-7)6-12;7-5-1-2-6(8)4-3-5/h1-6H;1-4H,7-8H2. The van der Waals surface area contributed by atoms with Gasteiger partial charge in [-0.05, 0) is 42.5 Å². The summed E-state index contributed by atoms with van der Waals surface area (Å²) in [6.45, 7) is 0. The number of rotatable bonds is 3. The Bertz CT molecular complexity index is 521. The van der Waals surface area contributed by atoms with E-state index in [0.717, 1.165) is 11.4 Å². The zero-order valence-corrected chi connectivity index (χ0v) is 10.7. The van der Waals surface area contributed by atoms with Crippen molar-refractivity contribution in [3.63, 3.8) is 0 Å². The highest BCUT2D eigenvalue weighted by Gasteiger charge is 1.98. The summed E-state index contributed by atoms with van der Waals surface area (Å²) in [7, 11) is 0. The van der Waals surface area contributed by atoms with E-state index >= 15 is 0 Å². The summed E-state index contributed by atoms with van der Waals surface area (Å²) < 4.78 is 0. The predicted octanol–water partition coefficient (Wildman–Crippen LogP) is 1.98. The smallest absolute Gasteiger partial charge is 0.150 e. The highest BCUT2D eigenvalue weighted by molar-refractivity contribution is 5.87. The van der Waals surface area contributed by atoms with E-state index in [4.69, 9.17) is 11.5 Å². The van der Waals surface area contributed by atoms with Crippen LogP contribution >= 0.6 is 0 Å². The third-order valence-corrected chi connectivity index (χ3v) is 2.34. The monoisotopic (exact) mass is 270 g/mol. The molecule has 0 amide bonds. The minimum atomic E-state index is 0.335. The molecule has 0 bridgehead atoms. The van der Waals surface area contributed by atoms with Crippen LogP contribution in [0.5, 0.6) is 0 Å². The summed E-state index contributed by atoms with van der Waals surface area (Å²) in [5, 5.41) is 0. The Labute approximate surface area is 116 Å². The molecule has 0 radical (unpaired) electrons. The van der Waals surface area contributed by atoms with Crippen LogP contribution in [0.15, 0.2) is 42.5 Å². The molecule has 4 N–H and O–H groups in total. The summed E-state index contributed by atoms with van der Waals surface area (Å²) in [4.78, 5) is 30.9. The topological polar surface area (TPSA) is 103 Å². The van der Waals surface area contributed by atoms with Crippen LogP contribution in [0.2, 0.25) is 0 Å². The number of hydrogen-bond acceptors (Lipinski definition) is 5. The third kappa shape index (κ3) is 4.73. The second-order valence-corrected chi connectivity index (χ2v) is 3.95. The molecule has 102 valence electrons. The molecule has 0 aliphatic heterocycles. The number of nitrogen functional groups attached to an aromatic ring is 2. The summed E-state index contributed by atoms with van der Waals surface area (Å²) in [5.41, 5.74) is 13.2. The Kier molecular flexibility index (Phi) is 5.65. The quantitative estimate of drug-likeness (QED) is 0.655. The number of anilines is 2. The van der Waals surface area contributed by atoms with Crippen molar-refractivity contribution in [1.29, 1.82) is 0 Å². The fourth-order valence-electron chi connectivity index (χ4n) is 1.40. The molecule has 0 aliphatic rings. The number of aldehydes is 3. The first-order chi connectivity index (χ1) is 9.58. The van der Waals surface area contributed by atoms with Crippen molar-refractivity contribution >= 4 is 30.2 Å². The SMILES string of the molecule is Nc1ccc(N)cc1.O=Cc1cc(C=O)cc(C=O)c1. The van der Waals surface area contributed by atoms with Crippen molar-refractivity contribution in [2.75, 3.05) is 11.5 Å². The lowest BCUT2D eigenvalue weighted by atomic mass is 10.1. The van der Waals surface area contributed by atoms with Gasteiger partial charge in [-0.25, -0.2) is 0 Å². The van der Waals surface area contributed by atoms with Crippen LogP contribution in [0.4, 0.5) is 11.4 Å². The first-order valence-corrected chi connectivity index (χ1v) is 5.70. The van der Waals surface area contributed by atoms with Gasteiger partial charge in [0, 0.05) is 28.1 Å². The largest absolute Gasteiger partial charge is 0.399 e. The van der Waals surface area contributed by atoms with Crippen LogP contribution in [0, 0.1) is 0 Å². The summed E-state index contributed by atoms with van der Waals surface area (Å²) in [6.07, 6.45) is 1.79. The molecule has 2 aromatic rings. The van der Waals surface area contributed by atoms with Gasteiger partial charge < -0.3 is 11.5 Å². The highest BCUT2D eigenvalue weighted by Crippen LogP contribution is 2.05. The molecule has 5 nitrogen and oxygen atoms in total. The first kappa shape index (κ1) is 15.1. The second-order valence-electron chi connectivity index (χ2n) is 3.95. The molecule has 20 heavy (non-hydrogen) atoms. The van der Waals surface area contributed by atoms with Crippen LogP contribution < -0.4 is 11.5 Å². The van der Waals surface area contributed by atoms with Gasteiger partial charge in [0.1, 0.15) is 18.9 Å². The van der Waals surface area contributed by atoms with Gasteiger partial charge in [0.15, 0.2) is 0 Å².